The van der Waals surface area contributed by atoms with Gasteiger partial charge < -0.3 is 31.6 Å². The number of hydrogen-bond donors (Lipinski definition) is 6. The molecule has 3 atom stereocenters. The summed E-state index contributed by atoms with van der Waals surface area (Å²) in [7, 11) is 0. The summed E-state index contributed by atoms with van der Waals surface area (Å²) in [5.41, 5.74) is 7.26. The summed E-state index contributed by atoms with van der Waals surface area (Å²) in [5.74, 6) is -1.66. The normalized spacial score (nSPS) is 13.7. The quantitative estimate of drug-likeness (QED) is 0.264. The lowest BCUT2D eigenvalue weighted by atomic mass is 10.0. The molecule has 1 heterocycles. The molecule has 2 amide bonds. The summed E-state index contributed by atoms with van der Waals surface area (Å²) in [6.07, 6.45) is 5.48. The molecule has 0 spiro atoms. The summed E-state index contributed by atoms with van der Waals surface area (Å²) >= 11 is 1.50. The predicted octanol–water partition coefficient (Wildman–Crippen LogP) is 0.0351. The summed E-state index contributed by atoms with van der Waals surface area (Å²) in [5, 5.41) is 24.0. The molecule has 1 aromatic carbocycles. The number of thioether (sulfide) groups is 1. The number of imidazole rings is 1. The highest BCUT2D eigenvalue weighted by atomic mass is 32.2. The van der Waals surface area contributed by atoms with Crippen LogP contribution in [-0.2, 0) is 27.2 Å². The Balaban J connectivity index is 2.02. The van der Waals surface area contributed by atoms with Gasteiger partial charge in [-0.25, -0.2) is 9.78 Å². The maximum absolute atomic E-state index is 12.8. The number of carboxylic acid groups (broad SMARTS) is 1. The van der Waals surface area contributed by atoms with E-state index in [0.717, 1.165) is 0 Å². The molecule has 0 unspecified atom stereocenters. The van der Waals surface area contributed by atoms with Gasteiger partial charge in [0.15, 0.2) is 0 Å². The number of H-pyrrole nitrogens is 1. The van der Waals surface area contributed by atoms with Crippen LogP contribution in [0.15, 0.2) is 36.8 Å². The first-order chi connectivity index (χ1) is 14.8. The molecule has 11 heteroatoms. The number of rotatable bonds is 12. The Kier molecular flexibility index (Phi) is 9.35. The SMILES string of the molecule is CSCC[C@H](NC(=O)[C@@H](N)Cc1cnc[nH]1)C(=O)N[C@@H](Cc1ccc(O)cc1)C(=O)O. The van der Waals surface area contributed by atoms with E-state index in [1.807, 2.05) is 6.26 Å². The Morgan fingerprint density at radius 2 is 1.81 bits per heavy atom. The Morgan fingerprint density at radius 1 is 1.13 bits per heavy atom. The van der Waals surface area contributed by atoms with Crippen molar-refractivity contribution in [3.05, 3.63) is 48.0 Å². The second-order valence-electron chi connectivity index (χ2n) is 7.00. The summed E-state index contributed by atoms with van der Waals surface area (Å²) in [4.78, 5) is 43.7. The molecule has 0 radical (unpaired) electrons. The number of aromatic hydroxyl groups is 1. The number of carbonyl (C=O) groups excluding carboxylic acids is 2. The number of nitrogens with two attached hydrogens (primary N) is 1. The van der Waals surface area contributed by atoms with Crippen molar-refractivity contribution in [2.24, 2.45) is 5.73 Å². The molecule has 10 nitrogen and oxygen atoms in total. The van der Waals surface area contributed by atoms with Gasteiger partial charge in [-0.3, -0.25) is 9.59 Å². The fraction of sp³-hybridized carbons (Fsp3) is 0.400. The molecule has 0 saturated carbocycles. The number of phenolic OH excluding ortho intramolecular Hbond substituents is 1. The third-order valence-corrected chi connectivity index (χ3v) is 5.21. The van der Waals surface area contributed by atoms with Crippen molar-refractivity contribution in [3.63, 3.8) is 0 Å². The summed E-state index contributed by atoms with van der Waals surface area (Å²) < 4.78 is 0. The fourth-order valence-corrected chi connectivity index (χ4v) is 3.32. The van der Waals surface area contributed by atoms with E-state index in [1.54, 1.807) is 18.3 Å². The van der Waals surface area contributed by atoms with Crippen molar-refractivity contribution >= 4 is 29.5 Å². The number of nitrogens with one attached hydrogen (secondary N) is 3. The third-order valence-electron chi connectivity index (χ3n) is 4.57. The number of hydrogen-bond acceptors (Lipinski definition) is 7. The maximum atomic E-state index is 12.8. The lowest BCUT2D eigenvalue weighted by molar-refractivity contribution is -0.142. The Bertz CT molecular complexity index is 859. The molecule has 31 heavy (non-hydrogen) atoms. The van der Waals surface area contributed by atoms with Crippen LogP contribution in [0.25, 0.3) is 0 Å². The zero-order valence-electron chi connectivity index (χ0n) is 17.1. The molecule has 0 bridgehead atoms. The number of aliphatic carboxylic acids is 1. The highest BCUT2D eigenvalue weighted by Gasteiger charge is 2.28. The van der Waals surface area contributed by atoms with Crippen LogP contribution in [0.3, 0.4) is 0 Å². The van der Waals surface area contributed by atoms with Gasteiger partial charge in [0.05, 0.1) is 12.4 Å². The number of amides is 2. The van der Waals surface area contributed by atoms with Crippen LogP contribution < -0.4 is 16.4 Å². The highest BCUT2D eigenvalue weighted by molar-refractivity contribution is 7.98. The van der Waals surface area contributed by atoms with Crippen LogP contribution >= 0.6 is 11.8 Å². The summed E-state index contributed by atoms with van der Waals surface area (Å²) in [6, 6.07) is 3.05. The molecule has 1 aromatic heterocycles. The Morgan fingerprint density at radius 3 is 2.39 bits per heavy atom. The number of carboxylic acids is 1. The van der Waals surface area contributed by atoms with Gasteiger partial charge in [0, 0.05) is 24.7 Å². The minimum atomic E-state index is -1.20. The van der Waals surface area contributed by atoms with Gasteiger partial charge in [-0.2, -0.15) is 11.8 Å². The van der Waals surface area contributed by atoms with Crippen molar-refractivity contribution in [3.8, 4) is 5.75 Å². The second-order valence-corrected chi connectivity index (χ2v) is 7.99. The minimum absolute atomic E-state index is 0.0316. The van der Waals surface area contributed by atoms with E-state index in [1.165, 1.54) is 30.2 Å². The fourth-order valence-electron chi connectivity index (χ4n) is 2.85. The van der Waals surface area contributed by atoms with E-state index < -0.39 is 35.9 Å². The first kappa shape index (κ1) is 24.2. The summed E-state index contributed by atoms with van der Waals surface area (Å²) in [6.45, 7) is 0. The van der Waals surface area contributed by atoms with Crippen LogP contribution in [-0.4, -0.2) is 68.1 Å². The minimum Gasteiger partial charge on any atom is -0.508 e. The van der Waals surface area contributed by atoms with Crippen LogP contribution in [0.4, 0.5) is 0 Å². The molecule has 0 aliphatic heterocycles. The van der Waals surface area contributed by atoms with E-state index in [4.69, 9.17) is 5.73 Å². The monoisotopic (exact) mass is 449 g/mol. The first-order valence-electron chi connectivity index (χ1n) is 9.63. The van der Waals surface area contributed by atoms with Crippen molar-refractivity contribution in [2.45, 2.75) is 37.4 Å². The highest BCUT2D eigenvalue weighted by Crippen LogP contribution is 2.12. The molecule has 0 aliphatic carbocycles. The van der Waals surface area contributed by atoms with Gasteiger partial charge in [0.1, 0.15) is 17.8 Å². The Hall–Kier alpha value is -3.05. The number of aromatic nitrogens is 2. The van der Waals surface area contributed by atoms with Gasteiger partial charge >= 0.3 is 5.97 Å². The zero-order valence-corrected chi connectivity index (χ0v) is 17.9. The van der Waals surface area contributed by atoms with Crippen molar-refractivity contribution < 1.29 is 24.6 Å². The van der Waals surface area contributed by atoms with Crippen LogP contribution in [0.2, 0.25) is 0 Å². The average Bonchev–Trinajstić information content (AvgIpc) is 3.24. The molecule has 7 N–H and O–H groups in total. The number of aromatic amines is 1. The predicted molar refractivity (Wildman–Crippen MR) is 117 cm³/mol. The van der Waals surface area contributed by atoms with Gasteiger partial charge in [-0.1, -0.05) is 12.1 Å². The van der Waals surface area contributed by atoms with Crippen LogP contribution in [0, 0.1) is 0 Å². The lowest BCUT2D eigenvalue weighted by Gasteiger charge is -2.23. The van der Waals surface area contributed by atoms with Crippen molar-refractivity contribution in [2.75, 3.05) is 12.0 Å². The van der Waals surface area contributed by atoms with Gasteiger partial charge in [-0.15, -0.1) is 0 Å². The molecular formula is C20H27N5O5S. The van der Waals surface area contributed by atoms with E-state index in [-0.39, 0.29) is 18.6 Å². The first-order valence-corrected chi connectivity index (χ1v) is 11.0. The van der Waals surface area contributed by atoms with E-state index in [9.17, 15) is 24.6 Å². The molecule has 0 fully saturated rings. The third kappa shape index (κ3) is 7.95. The lowest BCUT2D eigenvalue weighted by Crippen LogP contribution is -2.55. The largest absolute Gasteiger partial charge is 0.508 e. The van der Waals surface area contributed by atoms with Crippen LogP contribution in [0.1, 0.15) is 17.7 Å². The molecule has 2 rings (SSSR count). The number of carbonyl (C=O) groups is 3. The van der Waals surface area contributed by atoms with E-state index in [0.29, 0.717) is 23.4 Å². The molecule has 168 valence electrons. The zero-order chi connectivity index (χ0) is 22.8. The van der Waals surface area contributed by atoms with Gasteiger partial charge in [-0.05, 0) is 36.1 Å². The number of nitrogens with zero attached hydrogens (tertiary/aromatic N) is 1. The molecule has 2 aromatic rings. The van der Waals surface area contributed by atoms with Gasteiger partial charge in [0.25, 0.3) is 0 Å². The van der Waals surface area contributed by atoms with Crippen LogP contribution in [0.5, 0.6) is 5.75 Å². The average molecular weight is 450 g/mol. The van der Waals surface area contributed by atoms with E-state index >= 15 is 0 Å². The molecule has 0 saturated heterocycles. The molecular weight excluding hydrogens is 422 g/mol. The molecule has 0 aliphatic rings. The maximum Gasteiger partial charge on any atom is 0.326 e. The Labute approximate surface area is 184 Å². The van der Waals surface area contributed by atoms with E-state index in [2.05, 4.69) is 20.6 Å². The standard InChI is InChI=1S/C20H27N5O5S/c1-31-7-6-16(24-18(27)15(21)9-13-10-22-11-23-13)19(28)25-17(20(29)30)8-12-2-4-14(26)5-3-12/h2-5,10-11,15-17,26H,6-9,21H2,1H3,(H,22,23)(H,24,27)(H,25,28)(H,29,30)/t15-,16-,17-/m0/s1. The topological polar surface area (TPSA) is 170 Å². The van der Waals surface area contributed by atoms with Crippen molar-refractivity contribution in [1.29, 1.82) is 0 Å². The number of phenols is 1. The smallest absolute Gasteiger partial charge is 0.326 e. The second kappa shape index (κ2) is 12.0. The number of benzene rings is 1. The van der Waals surface area contributed by atoms with Crippen molar-refractivity contribution in [1.82, 2.24) is 20.6 Å². The van der Waals surface area contributed by atoms with Gasteiger partial charge in [0.2, 0.25) is 11.8 Å².